The van der Waals surface area contributed by atoms with Crippen LogP contribution < -0.4 is 10.6 Å². The third-order valence-electron chi connectivity index (χ3n) is 4.96. The first kappa shape index (κ1) is 24.4. The van der Waals surface area contributed by atoms with Gasteiger partial charge in [0.05, 0.1) is 10.6 Å². The molecule has 0 saturated carbocycles. The molecule has 0 radical (unpaired) electrons. The summed E-state index contributed by atoms with van der Waals surface area (Å²) >= 11 is 12.3. The van der Waals surface area contributed by atoms with Crippen molar-refractivity contribution >= 4 is 52.7 Å². The number of carbonyl (C=O) groups is 2. The van der Waals surface area contributed by atoms with Crippen LogP contribution >= 0.6 is 23.2 Å². The zero-order chi connectivity index (χ0) is 24.7. The first-order valence-corrected chi connectivity index (χ1v) is 11.3. The van der Waals surface area contributed by atoms with Gasteiger partial charge in [-0.25, -0.2) is 14.6 Å². The first-order valence-electron chi connectivity index (χ1n) is 10.6. The number of carbonyl (C=O) groups excluding carboxylic acids is 2. The number of benzene rings is 3. The molecule has 0 unspecified atom stereocenters. The van der Waals surface area contributed by atoms with Gasteiger partial charge in [0.15, 0.2) is 5.54 Å². The van der Waals surface area contributed by atoms with Crippen LogP contribution in [0.5, 0.6) is 0 Å². The van der Waals surface area contributed by atoms with Crippen molar-refractivity contribution in [3.63, 3.8) is 0 Å². The third-order valence-corrected chi connectivity index (χ3v) is 5.51. The van der Waals surface area contributed by atoms with E-state index in [9.17, 15) is 9.59 Å². The molecule has 0 atom stereocenters. The zero-order valence-corrected chi connectivity index (χ0v) is 19.9. The molecule has 0 aliphatic carbocycles. The maximum absolute atomic E-state index is 12.4. The topological polar surface area (TPSA) is 98.2 Å². The summed E-state index contributed by atoms with van der Waals surface area (Å²) in [7, 11) is 0. The Labute approximate surface area is 211 Å². The van der Waals surface area contributed by atoms with Gasteiger partial charge in [0.25, 0.3) is 0 Å². The molecule has 1 aliphatic heterocycles. The number of hydrogen-bond donors (Lipinski definition) is 2. The van der Waals surface area contributed by atoms with E-state index >= 15 is 0 Å². The van der Waals surface area contributed by atoms with Crippen LogP contribution in [0.25, 0.3) is 0 Å². The third kappa shape index (κ3) is 6.65. The number of rotatable bonds is 7. The molecule has 0 fully saturated rings. The molecule has 180 valence electrons. The highest BCUT2D eigenvalue weighted by Crippen LogP contribution is 2.28. The van der Waals surface area contributed by atoms with Crippen molar-refractivity contribution in [2.75, 3.05) is 30.5 Å². The largest absolute Gasteiger partial charge is 0.475 e. The molecule has 8 nitrogen and oxygen atoms in total. The average molecular weight is 514 g/mol. The normalized spacial score (nSPS) is 13.8. The zero-order valence-electron chi connectivity index (χ0n) is 18.4. The molecule has 3 aromatic rings. The second kappa shape index (κ2) is 11.1. The summed E-state index contributed by atoms with van der Waals surface area (Å²) in [5, 5.41) is 6.07. The van der Waals surface area contributed by atoms with Crippen molar-refractivity contribution < 1.29 is 23.8 Å². The maximum atomic E-state index is 12.4. The Morgan fingerprint density at radius 1 is 0.857 bits per heavy atom. The number of ether oxygens (including phenoxy) is 3. The summed E-state index contributed by atoms with van der Waals surface area (Å²) in [5.41, 5.74) is 0.482. The molecule has 0 aromatic heterocycles. The lowest BCUT2D eigenvalue weighted by Crippen LogP contribution is -2.42. The van der Waals surface area contributed by atoms with Gasteiger partial charge >= 0.3 is 12.2 Å². The molecule has 0 spiro atoms. The number of nitrogens with zero attached hydrogens (tertiary/aromatic N) is 1. The number of nitrogens with one attached hydrogen (secondary N) is 2. The van der Waals surface area contributed by atoms with Crippen LogP contribution in [0.1, 0.15) is 5.56 Å². The van der Waals surface area contributed by atoms with Gasteiger partial charge in [-0.2, -0.15) is 0 Å². The molecular formula is C25H21Cl2N3O5. The van der Waals surface area contributed by atoms with Crippen molar-refractivity contribution in [3.8, 4) is 0 Å². The number of hydrogen-bond acceptors (Lipinski definition) is 6. The van der Waals surface area contributed by atoms with E-state index in [1.54, 1.807) is 66.7 Å². The van der Waals surface area contributed by atoms with Crippen LogP contribution in [0, 0.1) is 0 Å². The predicted octanol–water partition coefficient (Wildman–Crippen LogP) is 6.01. The fourth-order valence-electron chi connectivity index (χ4n) is 3.22. The molecule has 3 aromatic carbocycles. The Hall–Kier alpha value is -3.75. The maximum Gasteiger partial charge on any atom is 0.411 e. The summed E-state index contributed by atoms with van der Waals surface area (Å²) in [6.45, 7) is -0.420. The first-order chi connectivity index (χ1) is 16.9. The minimum atomic E-state index is -1.18. The Morgan fingerprint density at radius 3 is 1.91 bits per heavy atom. The summed E-state index contributed by atoms with van der Waals surface area (Å²) in [6.07, 6.45) is -1.37. The summed E-state index contributed by atoms with van der Waals surface area (Å²) in [4.78, 5) is 29.3. The molecule has 2 N–H and O–H groups in total. The molecule has 0 bridgehead atoms. The van der Waals surface area contributed by atoms with Crippen LogP contribution in [0.2, 0.25) is 10.0 Å². The van der Waals surface area contributed by atoms with E-state index in [2.05, 4.69) is 15.6 Å². The standard InChI is InChI=1S/C25H21Cl2N3O5/c26-17-11-12-20(21(27)13-17)22-30-25(14-33-22,15-34-23(31)28-18-7-3-1-4-8-18)16-35-24(32)29-19-9-5-2-6-10-19/h1-13H,14-16H2,(H,28,31)(H,29,32). The van der Waals surface area contributed by atoms with E-state index in [0.29, 0.717) is 27.0 Å². The van der Waals surface area contributed by atoms with E-state index in [0.717, 1.165) is 0 Å². The smallest absolute Gasteiger partial charge is 0.411 e. The van der Waals surface area contributed by atoms with Gasteiger partial charge in [-0.1, -0.05) is 59.6 Å². The molecule has 10 heteroatoms. The summed E-state index contributed by atoms with van der Waals surface area (Å²) in [6, 6.07) is 22.6. The van der Waals surface area contributed by atoms with Gasteiger partial charge in [-0.05, 0) is 42.5 Å². The Bertz CT molecular complexity index is 1160. The second-order valence-electron chi connectivity index (χ2n) is 7.69. The second-order valence-corrected chi connectivity index (χ2v) is 8.53. The van der Waals surface area contributed by atoms with E-state index in [4.69, 9.17) is 37.4 Å². The SMILES string of the molecule is O=C(Nc1ccccc1)OCC1(COC(=O)Nc2ccccc2)COC(c2ccc(Cl)cc2Cl)=N1. The van der Waals surface area contributed by atoms with Crippen LogP contribution in [-0.4, -0.2) is 43.4 Å². The number of amides is 2. The molecule has 35 heavy (non-hydrogen) atoms. The Kier molecular flexibility index (Phi) is 7.74. The number of aliphatic imine (C=N–C) groups is 1. The van der Waals surface area contributed by atoms with Gasteiger partial charge in [-0.3, -0.25) is 10.6 Å². The summed E-state index contributed by atoms with van der Waals surface area (Å²) < 4.78 is 16.6. The number of halogens is 2. The lowest BCUT2D eigenvalue weighted by Gasteiger charge is -2.23. The van der Waals surface area contributed by atoms with E-state index in [1.165, 1.54) is 0 Å². The van der Waals surface area contributed by atoms with Gasteiger partial charge < -0.3 is 14.2 Å². The number of anilines is 2. The van der Waals surface area contributed by atoms with E-state index in [1.807, 2.05) is 12.1 Å². The van der Waals surface area contributed by atoms with Crippen LogP contribution in [0.3, 0.4) is 0 Å². The average Bonchev–Trinajstić information content (AvgIpc) is 3.27. The van der Waals surface area contributed by atoms with Gasteiger partial charge in [0.2, 0.25) is 5.90 Å². The highest BCUT2D eigenvalue weighted by Gasteiger charge is 2.41. The monoisotopic (exact) mass is 513 g/mol. The van der Waals surface area contributed by atoms with Crippen molar-refractivity contribution in [1.82, 2.24) is 0 Å². The fraction of sp³-hybridized carbons (Fsp3) is 0.160. The van der Waals surface area contributed by atoms with Gasteiger partial charge in [0, 0.05) is 16.4 Å². The van der Waals surface area contributed by atoms with Crippen LogP contribution in [0.15, 0.2) is 83.9 Å². The lowest BCUT2D eigenvalue weighted by molar-refractivity contribution is 0.0682. The molecule has 0 saturated heterocycles. The number of para-hydroxylation sites is 2. The quantitative estimate of drug-likeness (QED) is 0.403. The van der Waals surface area contributed by atoms with Crippen molar-refractivity contribution in [2.24, 2.45) is 4.99 Å². The highest BCUT2D eigenvalue weighted by molar-refractivity contribution is 6.36. The summed E-state index contributed by atoms with van der Waals surface area (Å²) in [5.74, 6) is 0.228. The van der Waals surface area contributed by atoms with Crippen LogP contribution in [0.4, 0.5) is 21.0 Å². The highest BCUT2D eigenvalue weighted by atomic mass is 35.5. The van der Waals surface area contributed by atoms with Gasteiger partial charge in [0.1, 0.15) is 19.8 Å². The Morgan fingerprint density at radius 2 is 1.40 bits per heavy atom. The molecule has 2 amide bonds. The predicted molar refractivity (Wildman–Crippen MR) is 135 cm³/mol. The fourth-order valence-corrected chi connectivity index (χ4v) is 3.71. The van der Waals surface area contributed by atoms with Crippen molar-refractivity contribution in [1.29, 1.82) is 0 Å². The van der Waals surface area contributed by atoms with Crippen molar-refractivity contribution in [3.05, 3.63) is 94.5 Å². The Balaban J connectivity index is 1.48. The van der Waals surface area contributed by atoms with Crippen LogP contribution in [-0.2, 0) is 14.2 Å². The molecule has 1 heterocycles. The minimum Gasteiger partial charge on any atom is -0.475 e. The van der Waals surface area contributed by atoms with Gasteiger partial charge in [-0.15, -0.1) is 0 Å². The minimum absolute atomic E-state index is 0.00147. The molecule has 1 aliphatic rings. The van der Waals surface area contributed by atoms with E-state index in [-0.39, 0.29) is 25.7 Å². The van der Waals surface area contributed by atoms with E-state index < -0.39 is 17.7 Å². The molecule has 4 rings (SSSR count). The molecular weight excluding hydrogens is 493 g/mol. The van der Waals surface area contributed by atoms with Crippen molar-refractivity contribution in [2.45, 2.75) is 5.54 Å². The lowest BCUT2D eigenvalue weighted by atomic mass is 10.1.